The molecule has 1 atom stereocenters. The number of hydrogen-bond acceptors (Lipinski definition) is 5. The van der Waals surface area contributed by atoms with Crippen LogP contribution in [0.3, 0.4) is 0 Å². The number of aryl methyl sites for hydroxylation is 1. The number of nitrogens with zero attached hydrogens (tertiary/aromatic N) is 1. The van der Waals surface area contributed by atoms with Crippen LogP contribution in [0.1, 0.15) is 51.2 Å². The maximum atomic E-state index is 13.2. The first kappa shape index (κ1) is 20.6. The third-order valence-electron chi connectivity index (χ3n) is 5.60. The molecule has 2 aliphatic rings. The van der Waals surface area contributed by atoms with Crippen LogP contribution in [-0.2, 0) is 26.2 Å². The molecule has 1 aromatic rings. The van der Waals surface area contributed by atoms with Gasteiger partial charge in [-0.25, -0.2) is 9.59 Å². The molecule has 28 heavy (non-hydrogen) atoms. The van der Waals surface area contributed by atoms with E-state index in [1.54, 1.807) is 20.8 Å². The SMILES string of the molecule is CN1CCC(COC(=O)C2(NC(=O)OC(C)(C)C)CCc3ccccc32)CC1. The van der Waals surface area contributed by atoms with Crippen molar-refractivity contribution in [2.75, 3.05) is 26.7 Å². The van der Waals surface area contributed by atoms with Gasteiger partial charge in [-0.15, -0.1) is 0 Å². The number of amides is 1. The van der Waals surface area contributed by atoms with Gasteiger partial charge in [0.2, 0.25) is 0 Å². The lowest BCUT2D eigenvalue weighted by atomic mass is 9.91. The van der Waals surface area contributed by atoms with E-state index in [4.69, 9.17) is 9.47 Å². The normalized spacial score (nSPS) is 23.1. The molecule has 0 saturated carbocycles. The molecule has 1 unspecified atom stereocenters. The first-order valence-corrected chi connectivity index (χ1v) is 10.1. The fraction of sp³-hybridized carbons (Fsp3) is 0.636. The van der Waals surface area contributed by atoms with E-state index in [0.29, 0.717) is 18.9 Å². The molecule has 3 rings (SSSR count). The van der Waals surface area contributed by atoms with E-state index in [2.05, 4.69) is 17.3 Å². The number of carbonyl (C=O) groups excluding carboxylic acids is 2. The summed E-state index contributed by atoms with van der Waals surface area (Å²) < 4.78 is 11.2. The van der Waals surface area contributed by atoms with Gasteiger partial charge in [0.25, 0.3) is 0 Å². The molecule has 1 aliphatic carbocycles. The maximum Gasteiger partial charge on any atom is 0.408 e. The average Bonchev–Trinajstić information content (AvgIpc) is 2.99. The highest BCUT2D eigenvalue weighted by atomic mass is 16.6. The highest BCUT2D eigenvalue weighted by molar-refractivity contribution is 5.88. The number of rotatable bonds is 4. The van der Waals surface area contributed by atoms with Gasteiger partial charge in [0.15, 0.2) is 5.54 Å². The van der Waals surface area contributed by atoms with Crippen molar-refractivity contribution in [2.45, 2.75) is 57.6 Å². The summed E-state index contributed by atoms with van der Waals surface area (Å²) in [7, 11) is 2.11. The fourth-order valence-electron chi connectivity index (χ4n) is 4.03. The predicted octanol–water partition coefficient (Wildman–Crippen LogP) is 3.24. The molecular formula is C22H32N2O4. The Kier molecular flexibility index (Phi) is 5.98. The molecular weight excluding hydrogens is 356 g/mol. The van der Waals surface area contributed by atoms with Gasteiger partial charge in [-0.2, -0.15) is 0 Å². The number of benzene rings is 1. The van der Waals surface area contributed by atoms with Crippen LogP contribution in [0.5, 0.6) is 0 Å². The van der Waals surface area contributed by atoms with E-state index >= 15 is 0 Å². The second-order valence-electron chi connectivity index (χ2n) is 9.03. The molecule has 0 aromatic heterocycles. The number of carbonyl (C=O) groups is 2. The number of alkyl carbamates (subject to hydrolysis) is 1. The van der Waals surface area contributed by atoms with E-state index in [1.807, 2.05) is 24.3 Å². The Hall–Kier alpha value is -2.08. The Labute approximate surface area is 167 Å². The number of piperidine rings is 1. The first-order chi connectivity index (χ1) is 13.2. The van der Waals surface area contributed by atoms with Gasteiger partial charge >= 0.3 is 12.1 Å². The lowest BCUT2D eigenvalue weighted by Crippen LogP contribution is -2.52. The second kappa shape index (κ2) is 8.11. The van der Waals surface area contributed by atoms with Crippen LogP contribution in [0.2, 0.25) is 0 Å². The number of esters is 1. The molecule has 1 amide bonds. The van der Waals surface area contributed by atoms with Crippen molar-refractivity contribution in [2.24, 2.45) is 5.92 Å². The van der Waals surface area contributed by atoms with Crippen molar-refractivity contribution in [3.05, 3.63) is 35.4 Å². The van der Waals surface area contributed by atoms with Crippen LogP contribution < -0.4 is 5.32 Å². The number of nitrogens with one attached hydrogen (secondary N) is 1. The quantitative estimate of drug-likeness (QED) is 0.802. The maximum absolute atomic E-state index is 13.2. The van der Waals surface area contributed by atoms with Crippen LogP contribution in [0.15, 0.2) is 24.3 Å². The Morgan fingerprint density at radius 2 is 1.89 bits per heavy atom. The summed E-state index contributed by atoms with van der Waals surface area (Å²) in [4.78, 5) is 28.1. The van der Waals surface area contributed by atoms with Crippen molar-refractivity contribution >= 4 is 12.1 Å². The van der Waals surface area contributed by atoms with Crippen LogP contribution in [0.4, 0.5) is 4.79 Å². The van der Waals surface area contributed by atoms with Crippen LogP contribution in [0.25, 0.3) is 0 Å². The molecule has 1 N–H and O–H groups in total. The Balaban J connectivity index is 1.75. The molecule has 1 heterocycles. The summed E-state index contributed by atoms with van der Waals surface area (Å²) in [5.74, 6) is -0.0161. The smallest absolute Gasteiger partial charge is 0.408 e. The third-order valence-corrected chi connectivity index (χ3v) is 5.60. The van der Waals surface area contributed by atoms with E-state index in [-0.39, 0.29) is 5.97 Å². The van der Waals surface area contributed by atoms with Crippen molar-refractivity contribution < 1.29 is 19.1 Å². The predicted molar refractivity (Wildman–Crippen MR) is 107 cm³/mol. The molecule has 1 aromatic carbocycles. The zero-order valence-corrected chi connectivity index (χ0v) is 17.4. The first-order valence-electron chi connectivity index (χ1n) is 10.1. The lowest BCUT2D eigenvalue weighted by molar-refractivity contribution is -0.154. The van der Waals surface area contributed by atoms with Gasteiger partial charge in [-0.1, -0.05) is 24.3 Å². The van der Waals surface area contributed by atoms with Gasteiger partial charge in [0.05, 0.1) is 6.61 Å². The minimum atomic E-state index is -1.18. The lowest BCUT2D eigenvalue weighted by Gasteiger charge is -2.32. The Bertz CT molecular complexity index is 719. The summed E-state index contributed by atoms with van der Waals surface area (Å²) in [5.41, 5.74) is 0.0651. The third kappa shape index (κ3) is 4.66. The zero-order chi connectivity index (χ0) is 20.4. The van der Waals surface area contributed by atoms with Crippen LogP contribution in [0, 0.1) is 5.92 Å². The van der Waals surface area contributed by atoms with E-state index in [9.17, 15) is 9.59 Å². The van der Waals surface area contributed by atoms with Crippen LogP contribution in [-0.4, -0.2) is 49.3 Å². The molecule has 0 radical (unpaired) electrons. The number of likely N-dealkylation sites (tertiary alicyclic amines) is 1. The fourth-order valence-corrected chi connectivity index (χ4v) is 4.03. The zero-order valence-electron chi connectivity index (χ0n) is 17.4. The largest absolute Gasteiger partial charge is 0.463 e. The monoisotopic (exact) mass is 388 g/mol. The van der Waals surface area contributed by atoms with Crippen molar-refractivity contribution in [3.8, 4) is 0 Å². The molecule has 6 nitrogen and oxygen atoms in total. The molecule has 6 heteroatoms. The van der Waals surface area contributed by atoms with Crippen molar-refractivity contribution in [1.29, 1.82) is 0 Å². The van der Waals surface area contributed by atoms with Gasteiger partial charge < -0.3 is 19.7 Å². The number of ether oxygens (including phenoxy) is 2. The summed E-state index contributed by atoms with van der Waals surface area (Å²) in [6.45, 7) is 7.85. The van der Waals surface area contributed by atoms with Gasteiger partial charge in [-0.3, -0.25) is 0 Å². The van der Waals surface area contributed by atoms with E-state index in [1.165, 1.54) is 0 Å². The van der Waals surface area contributed by atoms with Gasteiger partial charge in [0, 0.05) is 0 Å². The second-order valence-corrected chi connectivity index (χ2v) is 9.03. The summed E-state index contributed by atoms with van der Waals surface area (Å²) >= 11 is 0. The summed E-state index contributed by atoms with van der Waals surface area (Å²) in [5, 5.41) is 2.86. The molecule has 154 valence electrons. The Morgan fingerprint density at radius 1 is 1.21 bits per heavy atom. The minimum absolute atomic E-state index is 0.371. The number of fused-ring (bicyclic) bond motifs is 1. The number of hydrogen-bond donors (Lipinski definition) is 1. The molecule has 1 saturated heterocycles. The average molecular weight is 389 g/mol. The molecule has 0 spiro atoms. The molecule has 1 aliphatic heterocycles. The summed E-state index contributed by atoms with van der Waals surface area (Å²) in [6, 6.07) is 7.74. The molecule has 1 fully saturated rings. The molecule has 0 bridgehead atoms. The summed E-state index contributed by atoms with van der Waals surface area (Å²) in [6.07, 6.45) is 2.65. The van der Waals surface area contributed by atoms with E-state index < -0.39 is 17.2 Å². The van der Waals surface area contributed by atoms with Crippen LogP contribution >= 0.6 is 0 Å². The van der Waals surface area contributed by atoms with E-state index in [0.717, 1.165) is 43.5 Å². The topological polar surface area (TPSA) is 67.9 Å². The van der Waals surface area contributed by atoms with Gasteiger partial charge in [-0.05, 0) is 83.6 Å². The minimum Gasteiger partial charge on any atom is -0.463 e. The van der Waals surface area contributed by atoms with Gasteiger partial charge in [0.1, 0.15) is 5.60 Å². The highest BCUT2D eigenvalue weighted by Gasteiger charge is 2.48. The Morgan fingerprint density at radius 3 is 2.57 bits per heavy atom. The van der Waals surface area contributed by atoms with Crippen molar-refractivity contribution in [1.82, 2.24) is 10.2 Å². The van der Waals surface area contributed by atoms with Crippen molar-refractivity contribution in [3.63, 3.8) is 0 Å². The standard InChI is InChI=1S/C22H32N2O4/c1-21(2,3)28-20(26)23-22(12-9-17-7-5-6-8-18(17)22)19(25)27-15-16-10-13-24(4)14-11-16/h5-8,16H,9-15H2,1-4H3,(H,23,26). The highest BCUT2D eigenvalue weighted by Crippen LogP contribution is 2.38.